The van der Waals surface area contributed by atoms with Gasteiger partial charge in [-0.15, -0.1) is 0 Å². The van der Waals surface area contributed by atoms with Gasteiger partial charge in [-0.2, -0.15) is 0 Å². The molecule has 0 aromatic heterocycles. The molecule has 106 valence electrons. The first-order valence-corrected chi connectivity index (χ1v) is 6.42. The highest BCUT2D eigenvalue weighted by atomic mass is 19.3. The van der Waals surface area contributed by atoms with Crippen LogP contribution in [-0.4, -0.2) is 11.7 Å². The number of benzene rings is 2. The molecule has 0 aliphatic rings. The molecular weight excluding hydrogens is 260 g/mol. The summed E-state index contributed by atoms with van der Waals surface area (Å²) in [6.45, 7) is 1.82. The van der Waals surface area contributed by atoms with Gasteiger partial charge in [0.05, 0.1) is 12.6 Å². The average Bonchev–Trinajstić information content (AvgIpc) is 2.46. The SMILES string of the molecule is Cc1ccc(NC(CO)c2cccc(C(F)F)c2)cc1. The van der Waals surface area contributed by atoms with E-state index in [0.29, 0.717) is 5.56 Å². The molecule has 0 aliphatic heterocycles. The normalized spacial score (nSPS) is 12.4. The van der Waals surface area contributed by atoms with Crippen molar-refractivity contribution in [3.05, 3.63) is 65.2 Å². The van der Waals surface area contributed by atoms with Crippen LogP contribution in [0.3, 0.4) is 0 Å². The molecular formula is C16H17F2NO. The third-order valence-corrected chi connectivity index (χ3v) is 3.14. The molecule has 4 heteroatoms. The molecule has 0 radical (unpaired) electrons. The zero-order valence-corrected chi connectivity index (χ0v) is 11.2. The lowest BCUT2D eigenvalue weighted by Crippen LogP contribution is -2.15. The van der Waals surface area contributed by atoms with Crippen molar-refractivity contribution in [1.82, 2.24) is 0 Å². The van der Waals surface area contributed by atoms with Crippen LogP contribution in [0.4, 0.5) is 14.5 Å². The lowest BCUT2D eigenvalue weighted by molar-refractivity contribution is 0.151. The minimum Gasteiger partial charge on any atom is -0.394 e. The Kier molecular flexibility index (Phi) is 4.69. The minimum absolute atomic E-state index is 0.0355. The quantitative estimate of drug-likeness (QED) is 0.863. The summed E-state index contributed by atoms with van der Waals surface area (Å²) in [5.74, 6) is 0. The fourth-order valence-electron chi connectivity index (χ4n) is 2.00. The predicted molar refractivity (Wildman–Crippen MR) is 76.0 cm³/mol. The van der Waals surface area contributed by atoms with E-state index in [1.54, 1.807) is 12.1 Å². The summed E-state index contributed by atoms with van der Waals surface area (Å²) in [5, 5.41) is 12.6. The molecule has 1 unspecified atom stereocenters. The van der Waals surface area contributed by atoms with E-state index in [2.05, 4.69) is 5.32 Å². The van der Waals surface area contributed by atoms with Crippen LogP contribution in [0.25, 0.3) is 0 Å². The first-order valence-electron chi connectivity index (χ1n) is 6.42. The largest absolute Gasteiger partial charge is 0.394 e. The number of rotatable bonds is 5. The number of anilines is 1. The second kappa shape index (κ2) is 6.48. The Morgan fingerprint density at radius 3 is 2.30 bits per heavy atom. The summed E-state index contributed by atoms with van der Waals surface area (Å²) in [7, 11) is 0. The number of hydrogen-bond donors (Lipinski definition) is 2. The number of nitrogens with one attached hydrogen (secondary N) is 1. The fraction of sp³-hybridized carbons (Fsp3) is 0.250. The monoisotopic (exact) mass is 277 g/mol. The predicted octanol–water partition coefficient (Wildman–Crippen LogP) is 4.08. The molecule has 0 heterocycles. The smallest absolute Gasteiger partial charge is 0.263 e. The molecule has 0 amide bonds. The zero-order valence-electron chi connectivity index (χ0n) is 11.2. The van der Waals surface area contributed by atoms with Crippen LogP contribution in [0.2, 0.25) is 0 Å². The Morgan fingerprint density at radius 1 is 1.05 bits per heavy atom. The van der Waals surface area contributed by atoms with Crippen molar-refractivity contribution in [2.24, 2.45) is 0 Å². The van der Waals surface area contributed by atoms with Crippen LogP contribution in [0.15, 0.2) is 48.5 Å². The van der Waals surface area contributed by atoms with Gasteiger partial charge in [0.1, 0.15) is 0 Å². The van der Waals surface area contributed by atoms with Crippen molar-refractivity contribution in [3.63, 3.8) is 0 Å². The van der Waals surface area contributed by atoms with E-state index < -0.39 is 12.5 Å². The lowest BCUT2D eigenvalue weighted by atomic mass is 10.0. The van der Waals surface area contributed by atoms with Crippen molar-refractivity contribution >= 4 is 5.69 Å². The molecule has 2 nitrogen and oxygen atoms in total. The standard InChI is InChI=1S/C16H17F2NO/c1-11-5-7-14(8-6-11)19-15(10-20)12-3-2-4-13(9-12)16(17)18/h2-9,15-16,19-20H,10H2,1H3. The van der Waals surface area contributed by atoms with E-state index >= 15 is 0 Å². The van der Waals surface area contributed by atoms with Gasteiger partial charge in [-0.3, -0.25) is 0 Å². The third-order valence-electron chi connectivity index (χ3n) is 3.14. The second-order valence-electron chi connectivity index (χ2n) is 4.72. The molecule has 0 aliphatic carbocycles. The van der Waals surface area contributed by atoms with Gasteiger partial charge >= 0.3 is 0 Å². The maximum atomic E-state index is 12.7. The van der Waals surface area contributed by atoms with E-state index in [0.717, 1.165) is 11.3 Å². The molecule has 1 atom stereocenters. The summed E-state index contributed by atoms with van der Waals surface area (Å²) < 4.78 is 25.4. The van der Waals surface area contributed by atoms with E-state index in [1.165, 1.54) is 12.1 Å². The van der Waals surface area contributed by atoms with Crippen molar-refractivity contribution in [3.8, 4) is 0 Å². The van der Waals surface area contributed by atoms with E-state index in [4.69, 9.17) is 0 Å². The third kappa shape index (κ3) is 3.54. The first-order chi connectivity index (χ1) is 9.60. The summed E-state index contributed by atoms with van der Waals surface area (Å²) in [5.41, 5.74) is 2.59. The van der Waals surface area contributed by atoms with Gasteiger partial charge in [-0.1, -0.05) is 35.9 Å². The summed E-state index contributed by atoms with van der Waals surface area (Å²) in [6, 6.07) is 13.4. The van der Waals surface area contributed by atoms with Gasteiger partial charge in [0.2, 0.25) is 0 Å². The molecule has 0 spiro atoms. The molecule has 0 fully saturated rings. The van der Waals surface area contributed by atoms with E-state index in [9.17, 15) is 13.9 Å². The molecule has 0 saturated heterocycles. The fourth-order valence-corrected chi connectivity index (χ4v) is 2.00. The van der Waals surface area contributed by atoms with Crippen molar-refractivity contribution < 1.29 is 13.9 Å². The maximum absolute atomic E-state index is 12.7. The Labute approximate surface area is 117 Å². The first kappa shape index (κ1) is 14.5. The second-order valence-corrected chi connectivity index (χ2v) is 4.72. The van der Waals surface area contributed by atoms with Crippen LogP contribution in [0, 0.1) is 6.92 Å². The Balaban J connectivity index is 2.19. The van der Waals surface area contributed by atoms with Crippen LogP contribution < -0.4 is 5.32 Å². The summed E-state index contributed by atoms with van der Waals surface area (Å²) in [6.07, 6.45) is -2.51. The molecule has 0 saturated carbocycles. The number of aliphatic hydroxyl groups excluding tert-OH is 1. The highest BCUT2D eigenvalue weighted by molar-refractivity contribution is 5.47. The Morgan fingerprint density at radius 2 is 1.70 bits per heavy atom. The van der Waals surface area contributed by atoms with Gasteiger partial charge in [0.25, 0.3) is 6.43 Å². The van der Waals surface area contributed by atoms with Gasteiger partial charge in [-0.25, -0.2) is 8.78 Å². The van der Waals surface area contributed by atoms with Gasteiger partial charge in [-0.05, 0) is 30.7 Å². The molecule has 2 rings (SSSR count). The van der Waals surface area contributed by atoms with Gasteiger partial charge in [0, 0.05) is 11.3 Å². The highest BCUT2D eigenvalue weighted by Crippen LogP contribution is 2.24. The van der Waals surface area contributed by atoms with Crippen molar-refractivity contribution in [1.29, 1.82) is 0 Å². The molecule has 20 heavy (non-hydrogen) atoms. The topological polar surface area (TPSA) is 32.3 Å². The number of hydrogen-bond acceptors (Lipinski definition) is 2. The molecule has 2 aromatic rings. The van der Waals surface area contributed by atoms with Crippen molar-refractivity contribution in [2.45, 2.75) is 19.4 Å². The molecule has 2 N–H and O–H groups in total. The zero-order chi connectivity index (χ0) is 14.5. The Bertz CT molecular complexity index is 555. The molecule has 0 bridgehead atoms. The number of aliphatic hydroxyl groups is 1. The number of alkyl halides is 2. The number of halogens is 2. The lowest BCUT2D eigenvalue weighted by Gasteiger charge is -2.19. The van der Waals surface area contributed by atoms with Gasteiger partial charge in [0.15, 0.2) is 0 Å². The number of aryl methyl sites for hydroxylation is 1. The minimum atomic E-state index is -2.51. The van der Waals surface area contributed by atoms with Crippen molar-refractivity contribution in [2.75, 3.05) is 11.9 Å². The van der Waals surface area contributed by atoms with Gasteiger partial charge < -0.3 is 10.4 Å². The van der Waals surface area contributed by atoms with Crippen LogP contribution in [0.1, 0.15) is 29.2 Å². The van der Waals surface area contributed by atoms with Crippen LogP contribution in [-0.2, 0) is 0 Å². The van der Waals surface area contributed by atoms with Crippen LogP contribution >= 0.6 is 0 Å². The highest BCUT2D eigenvalue weighted by Gasteiger charge is 2.13. The summed E-state index contributed by atoms with van der Waals surface area (Å²) in [4.78, 5) is 0. The summed E-state index contributed by atoms with van der Waals surface area (Å²) >= 11 is 0. The average molecular weight is 277 g/mol. The van der Waals surface area contributed by atoms with E-state index in [-0.39, 0.29) is 12.2 Å². The molecule has 2 aromatic carbocycles. The Hall–Kier alpha value is -1.94. The maximum Gasteiger partial charge on any atom is 0.263 e. The van der Waals surface area contributed by atoms with E-state index in [1.807, 2.05) is 31.2 Å². The van der Waals surface area contributed by atoms with Crippen LogP contribution in [0.5, 0.6) is 0 Å².